The molecule has 1 aliphatic carbocycles. The predicted molar refractivity (Wildman–Crippen MR) is 84.9 cm³/mol. The van der Waals surface area contributed by atoms with Gasteiger partial charge in [0.1, 0.15) is 0 Å². The lowest BCUT2D eigenvalue weighted by Crippen LogP contribution is -2.41. The van der Waals surface area contributed by atoms with Crippen LogP contribution in [0.2, 0.25) is 0 Å². The summed E-state index contributed by atoms with van der Waals surface area (Å²) >= 11 is 0. The molecule has 1 aliphatic rings. The molecule has 0 heterocycles. The number of carbonyl (C=O) groups excluding carboxylic acids is 2. The lowest BCUT2D eigenvalue weighted by molar-refractivity contribution is -0.171. The number of esters is 2. The minimum atomic E-state index is -1.39. The molecule has 0 aliphatic heterocycles. The van der Waals surface area contributed by atoms with Gasteiger partial charge >= 0.3 is 11.9 Å². The zero-order valence-electron chi connectivity index (χ0n) is 13.7. The average Bonchev–Trinajstić information content (AvgIpc) is 3.00. The number of carbonyl (C=O) groups is 2. The van der Waals surface area contributed by atoms with E-state index in [9.17, 15) is 9.59 Å². The Labute approximate surface area is 133 Å². The molecule has 1 rings (SSSR count). The highest BCUT2D eigenvalue weighted by molar-refractivity contribution is 6.00. The van der Waals surface area contributed by atoms with Crippen LogP contribution < -0.4 is 0 Å². The molecule has 0 aromatic carbocycles. The van der Waals surface area contributed by atoms with E-state index in [1.165, 1.54) is 12.8 Å². The molecule has 4 heteroatoms. The Morgan fingerprint density at radius 2 is 1.73 bits per heavy atom. The Morgan fingerprint density at radius 1 is 1.18 bits per heavy atom. The van der Waals surface area contributed by atoms with Gasteiger partial charge in [-0.25, -0.2) is 0 Å². The maximum absolute atomic E-state index is 12.4. The number of ether oxygens (including phenoxy) is 2. The van der Waals surface area contributed by atoms with E-state index in [0.717, 1.165) is 12.8 Å². The molecule has 4 nitrogen and oxygen atoms in total. The van der Waals surface area contributed by atoms with Gasteiger partial charge in [-0.05, 0) is 33.1 Å². The first-order chi connectivity index (χ1) is 10.6. The van der Waals surface area contributed by atoms with E-state index in [1.54, 1.807) is 19.9 Å². The normalized spacial score (nSPS) is 14.8. The number of hydrogen-bond acceptors (Lipinski definition) is 4. The SMILES string of the molecule is C=CCC(CC#CC1CCCC1)(C(=O)OCC)C(=O)OCC. The summed E-state index contributed by atoms with van der Waals surface area (Å²) < 4.78 is 10.2. The van der Waals surface area contributed by atoms with Gasteiger partial charge < -0.3 is 9.47 Å². The molecule has 0 N–H and O–H groups in total. The molecule has 0 aromatic rings. The molecule has 0 unspecified atom stereocenters. The van der Waals surface area contributed by atoms with Crippen LogP contribution in [-0.4, -0.2) is 25.2 Å². The van der Waals surface area contributed by atoms with Crippen molar-refractivity contribution in [1.82, 2.24) is 0 Å². The third-order valence-electron chi connectivity index (χ3n) is 3.88. The van der Waals surface area contributed by atoms with Crippen molar-refractivity contribution in [2.75, 3.05) is 13.2 Å². The monoisotopic (exact) mass is 306 g/mol. The van der Waals surface area contributed by atoms with Crippen molar-refractivity contribution < 1.29 is 19.1 Å². The van der Waals surface area contributed by atoms with Crippen LogP contribution in [0.15, 0.2) is 12.7 Å². The molecule has 122 valence electrons. The lowest BCUT2D eigenvalue weighted by atomic mass is 9.81. The molecule has 22 heavy (non-hydrogen) atoms. The van der Waals surface area contributed by atoms with Gasteiger partial charge in [-0.3, -0.25) is 9.59 Å². The van der Waals surface area contributed by atoms with Gasteiger partial charge in [0.05, 0.1) is 13.2 Å². The van der Waals surface area contributed by atoms with E-state index in [2.05, 4.69) is 18.4 Å². The fourth-order valence-corrected chi connectivity index (χ4v) is 2.67. The summed E-state index contributed by atoms with van der Waals surface area (Å²) in [5, 5.41) is 0. The molecule has 0 bridgehead atoms. The zero-order chi connectivity index (χ0) is 16.4. The minimum Gasteiger partial charge on any atom is -0.465 e. The number of hydrogen-bond donors (Lipinski definition) is 0. The van der Waals surface area contributed by atoms with Crippen LogP contribution in [0.5, 0.6) is 0 Å². The van der Waals surface area contributed by atoms with Crippen molar-refractivity contribution >= 4 is 11.9 Å². The summed E-state index contributed by atoms with van der Waals surface area (Å²) in [4.78, 5) is 24.7. The van der Waals surface area contributed by atoms with Crippen LogP contribution in [0.4, 0.5) is 0 Å². The zero-order valence-corrected chi connectivity index (χ0v) is 13.7. The molecular formula is C18H26O4. The van der Waals surface area contributed by atoms with E-state index >= 15 is 0 Å². The molecule has 0 spiro atoms. The van der Waals surface area contributed by atoms with E-state index in [-0.39, 0.29) is 26.1 Å². The molecular weight excluding hydrogens is 280 g/mol. The summed E-state index contributed by atoms with van der Waals surface area (Å²) in [6, 6.07) is 0. The van der Waals surface area contributed by atoms with E-state index < -0.39 is 17.4 Å². The Balaban J connectivity index is 2.96. The highest BCUT2D eigenvalue weighted by Gasteiger charge is 2.47. The molecule has 0 saturated heterocycles. The average molecular weight is 306 g/mol. The van der Waals surface area contributed by atoms with Gasteiger partial charge in [-0.2, -0.15) is 0 Å². The highest BCUT2D eigenvalue weighted by Crippen LogP contribution is 2.31. The van der Waals surface area contributed by atoms with E-state index in [4.69, 9.17) is 9.47 Å². The topological polar surface area (TPSA) is 52.6 Å². The minimum absolute atomic E-state index is 0.118. The first-order valence-corrected chi connectivity index (χ1v) is 8.04. The van der Waals surface area contributed by atoms with Crippen molar-refractivity contribution in [3.63, 3.8) is 0 Å². The van der Waals surface area contributed by atoms with Crippen molar-refractivity contribution in [1.29, 1.82) is 0 Å². The molecule has 1 saturated carbocycles. The van der Waals surface area contributed by atoms with Crippen LogP contribution in [0.25, 0.3) is 0 Å². The van der Waals surface area contributed by atoms with Gasteiger partial charge in [0.2, 0.25) is 0 Å². The van der Waals surface area contributed by atoms with Gasteiger partial charge in [0.25, 0.3) is 0 Å². The lowest BCUT2D eigenvalue weighted by Gasteiger charge is -2.26. The Kier molecular flexibility index (Phi) is 7.73. The second-order valence-electron chi connectivity index (χ2n) is 5.50. The van der Waals surface area contributed by atoms with E-state index in [0.29, 0.717) is 5.92 Å². The molecule has 0 amide bonds. The summed E-state index contributed by atoms with van der Waals surface area (Å²) in [7, 11) is 0. The van der Waals surface area contributed by atoms with Crippen LogP contribution >= 0.6 is 0 Å². The maximum atomic E-state index is 12.4. The summed E-state index contributed by atoms with van der Waals surface area (Å²) in [6.07, 6.45) is 6.43. The largest absolute Gasteiger partial charge is 0.465 e. The Bertz CT molecular complexity index is 431. The standard InChI is InChI=1S/C18H26O4/c1-4-13-18(16(19)21-5-2,17(20)22-6-3)14-9-12-15-10-7-8-11-15/h4,15H,1,5-8,10-11,13-14H2,2-3H3. The van der Waals surface area contributed by atoms with Gasteiger partial charge in [0, 0.05) is 12.3 Å². The highest BCUT2D eigenvalue weighted by atomic mass is 16.6. The van der Waals surface area contributed by atoms with Crippen molar-refractivity contribution in [3.8, 4) is 11.8 Å². The summed E-state index contributed by atoms with van der Waals surface area (Å²) in [5.41, 5.74) is -1.39. The summed E-state index contributed by atoms with van der Waals surface area (Å²) in [5.74, 6) is 5.45. The molecule has 0 atom stereocenters. The van der Waals surface area contributed by atoms with Crippen molar-refractivity contribution in [3.05, 3.63) is 12.7 Å². The molecule has 1 fully saturated rings. The van der Waals surface area contributed by atoms with Gasteiger partial charge in [-0.1, -0.05) is 24.8 Å². The quantitative estimate of drug-likeness (QED) is 0.313. The fourth-order valence-electron chi connectivity index (χ4n) is 2.67. The molecule has 0 aromatic heterocycles. The second kappa shape index (κ2) is 9.30. The van der Waals surface area contributed by atoms with Crippen molar-refractivity contribution in [2.24, 2.45) is 11.3 Å². The second-order valence-corrected chi connectivity index (χ2v) is 5.50. The van der Waals surface area contributed by atoms with Crippen LogP contribution in [0.1, 0.15) is 52.4 Å². The third kappa shape index (κ3) is 4.62. The molecule has 0 radical (unpaired) electrons. The predicted octanol–water partition coefficient (Wildman–Crippen LogP) is 3.26. The summed E-state index contributed by atoms with van der Waals surface area (Å²) in [6.45, 7) is 7.51. The fraction of sp³-hybridized carbons (Fsp3) is 0.667. The van der Waals surface area contributed by atoms with Crippen LogP contribution in [0.3, 0.4) is 0 Å². The van der Waals surface area contributed by atoms with Crippen LogP contribution in [0, 0.1) is 23.2 Å². The first kappa shape index (κ1) is 18.3. The van der Waals surface area contributed by atoms with Crippen molar-refractivity contribution in [2.45, 2.75) is 52.4 Å². The van der Waals surface area contributed by atoms with Crippen LogP contribution in [-0.2, 0) is 19.1 Å². The smallest absolute Gasteiger partial charge is 0.324 e. The number of rotatable bonds is 7. The Morgan fingerprint density at radius 3 is 2.18 bits per heavy atom. The van der Waals surface area contributed by atoms with Gasteiger partial charge in [-0.15, -0.1) is 12.5 Å². The number of allylic oxidation sites excluding steroid dienone is 1. The third-order valence-corrected chi connectivity index (χ3v) is 3.88. The Hall–Kier alpha value is -1.76. The van der Waals surface area contributed by atoms with E-state index in [1.807, 2.05) is 0 Å². The maximum Gasteiger partial charge on any atom is 0.324 e. The first-order valence-electron chi connectivity index (χ1n) is 8.04. The van der Waals surface area contributed by atoms with Gasteiger partial charge in [0.15, 0.2) is 5.41 Å².